The van der Waals surface area contributed by atoms with Gasteiger partial charge in [0.15, 0.2) is 0 Å². The first kappa shape index (κ1) is 17.8. The summed E-state index contributed by atoms with van der Waals surface area (Å²) in [5, 5.41) is 12.6. The van der Waals surface area contributed by atoms with Crippen LogP contribution in [0.15, 0.2) is 36.8 Å². The molecule has 0 radical (unpaired) electrons. The molecular formula is C21H23N7O. The van der Waals surface area contributed by atoms with Gasteiger partial charge in [0.05, 0.1) is 30.6 Å². The molecule has 4 aromatic heterocycles. The number of hydrogen-bond donors (Lipinski definition) is 1. The average molecular weight is 389 g/mol. The molecule has 29 heavy (non-hydrogen) atoms. The second-order valence-corrected chi connectivity index (χ2v) is 7.47. The molecule has 1 saturated heterocycles. The quantitative estimate of drug-likeness (QED) is 0.580. The van der Waals surface area contributed by atoms with E-state index in [9.17, 15) is 0 Å². The van der Waals surface area contributed by atoms with Crippen molar-refractivity contribution in [2.45, 2.75) is 19.9 Å². The van der Waals surface area contributed by atoms with Crippen LogP contribution in [-0.2, 0) is 11.8 Å². The van der Waals surface area contributed by atoms with Crippen molar-refractivity contribution in [2.75, 3.05) is 24.7 Å². The molecule has 0 saturated carbocycles. The fourth-order valence-electron chi connectivity index (χ4n) is 4.03. The van der Waals surface area contributed by atoms with Crippen LogP contribution in [0.4, 0.5) is 5.82 Å². The lowest BCUT2D eigenvalue weighted by Crippen LogP contribution is -2.44. The maximum atomic E-state index is 5.64. The number of aromatic nitrogens is 6. The van der Waals surface area contributed by atoms with Crippen LogP contribution in [-0.4, -0.2) is 55.7 Å². The Morgan fingerprint density at radius 2 is 2.14 bits per heavy atom. The van der Waals surface area contributed by atoms with Gasteiger partial charge in [-0.1, -0.05) is 0 Å². The molecule has 1 aliphatic rings. The number of ether oxygens (including phenoxy) is 1. The van der Waals surface area contributed by atoms with Crippen LogP contribution in [0, 0.1) is 6.92 Å². The van der Waals surface area contributed by atoms with E-state index in [2.05, 4.69) is 40.1 Å². The summed E-state index contributed by atoms with van der Waals surface area (Å²) in [6.45, 7) is 6.44. The molecule has 0 aliphatic carbocycles. The van der Waals surface area contributed by atoms with Crippen LogP contribution in [0.25, 0.3) is 33.5 Å². The van der Waals surface area contributed by atoms with Crippen LogP contribution >= 0.6 is 0 Å². The van der Waals surface area contributed by atoms with Crippen molar-refractivity contribution in [3.63, 3.8) is 0 Å². The summed E-state index contributed by atoms with van der Waals surface area (Å²) in [7, 11) is 1.96. The molecule has 8 nitrogen and oxygen atoms in total. The second-order valence-electron chi connectivity index (χ2n) is 7.47. The number of pyridine rings is 2. The fraction of sp³-hybridized carbons (Fsp3) is 0.333. The highest BCUT2D eigenvalue weighted by atomic mass is 16.5. The highest BCUT2D eigenvalue weighted by molar-refractivity contribution is 6.02. The first-order chi connectivity index (χ1) is 14.1. The zero-order valence-electron chi connectivity index (χ0n) is 16.8. The fourth-order valence-corrected chi connectivity index (χ4v) is 4.03. The molecule has 1 aliphatic heterocycles. The van der Waals surface area contributed by atoms with Gasteiger partial charge in [-0.2, -0.15) is 10.2 Å². The third-order valence-corrected chi connectivity index (χ3v) is 5.53. The van der Waals surface area contributed by atoms with Crippen LogP contribution < -0.4 is 4.90 Å². The van der Waals surface area contributed by atoms with E-state index in [1.54, 1.807) is 6.20 Å². The third kappa shape index (κ3) is 2.96. The standard InChI is InChI=1S/C21H23N7O/c1-13-11-22-20(16-4-6-23-26-16)21-19(13)15(17-5-7-24-27(17)3)10-18(25-21)28-8-9-29-12-14(28)2/h4-7,10-11,14H,8-9,12H2,1-3H3,(H,23,26)/t14-/m1/s1. The number of aromatic amines is 1. The average Bonchev–Trinajstić information content (AvgIpc) is 3.40. The Bertz CT molecular complexity index is 1170. The summed E-state index contributed by atoms with van der Waals surface area (Å²) < 4.78 is 7.53. The predicted molar refractivity (Wildman–Crippen MR) is 112 cm³/mol. The summed E-state index contributed by atoms with van der Waals surface area (Å²) in [6, 6.07) is 6.38. The van der Waals surface area contributed by atoms with Gasteiger partial charge >= 0.3 is 0 Å². The SMILES string of the molecule is Cc1cnc(-c2ccn[nH]2)c2nc(N3CCOC[C@H]3C)cc(-c3ccnn3C)c12. The monoisotopic (exact) mass is 389 g/mol. The summed E-state index contributed by atoms with van der Waals surface area (Å²) in [5.74, 6) is 0.928. The number of aryl methyl sites for hydroxylation is 2. The maximum absolute atomic E-state index is 5.64. The molecule has 0 amide bonds. The number of H-pyrrole nitrogens is 1. The number of anilines is 1. The lowest BCUT2D eigenvalue weighted by Gasteiger charge is -2.34. The number of fused-ring (bicyclic) bond motifs is 1. The predicted octanol–water partition coefficient (Wildman–Crippen LogP) is 2.95. The highest BCUT2D eigenvalue weighted by Crippen LogP contribution is 2.37. The molecule has 1 atom stereocenters. The van der Waals surface area contributed by atoms with Gasteiger partial charge < -0.3 is 9.64 Å². The van der Waals surface area contributed by atoms with Crippen molar-refractivity contribution in [1.82, 2.24) is 29.9 Å². The molecule has 0 unspecified atom stereocenters. The van der Waals surface area contributed by atoms with Gasteiger partial charge in [-0.3, -0.25) is 14.8 Å². The van der Waals surface area contributed by atoms with E-state index >= 15 is 0 Å². The molecule has 1 N–H and O–H groups in total. The summed E-state index contributed by atoms with van der Waals surface area (Å²) in [5.41, 5.74) is 5.74. The van der Waals surface area contributed by atoms with Gasteiger partial charge in [-0.05, 0) is 37.6 Å². The largest absolute Gasteiger partial charge is 0.377 e. The highest BCUT2D eigenvalue weighted by Gasteiger charge is 2.24. The van der Waals surface area contributed by atoms with E-state index in [4.69, 9.17) is 14.7 Å². The molecule has 0 bridgehead atoms. The number of nitrogens with zero attached hydrogens (tertiary/aromatic N) is 6. The second kappa shape index (κ2) is 6.97. The normalized spacial score (nSPS) is 17.2. The zero-order valence-corrected chi connectivity index (χ0v) is 16.8. The van der Waals surface area contributed by atoms with Gasteiger partial charge in [0.25, 0.3) is 0 Å². The lowest BCUT2D eigenvalue weighted by atomic mass is 10.0. The molecule has 148 valence electrons. The Hall–Kier alpha value is -3.26. The topological polar surface area (TPSA) is 84.8 Å². The maximum Gasteiger partial charge on any atom is 0.130 e. The summed E-state index contributed by atoms with van der Waals surface area (Å²) in [4.78, 5) is 12.1. The van der Waals surface area contributed by atoms with Crippen molar-refractivity contribution in [1.29, 1.82) is 0 Å². The van der Waals surface area contributed by atoms with Gasteiger partial charge in [0, 0.05) is 43.1 Å². The zero-order chi connectivity index (χ0) is 20.0. The Kier molecular flexibility index (Phi) is 4.28. The van der Waals surface area contributed by atoms with Crippen molar-refractivity contribution < 1.29 is 4.74 Å². The molecule has 0 aromatic carbocycles. The number of rotatable bonds is 3. The first-order valence-electron chi connectivity index (χ1n) is 9.76. The Morgan fingerprint density at radius 3 is 2.86 bits per heavy atom. The first-order valence-corrected chi connectivity index (χ1v) is 9.76. The molecule has 5 rings (SSSR count). The van der Waals surface area contributed by atoms with E-state index in [1.807, 2.05) is 36.3 Å². The molecule has 4 aromatic rings. The molecule has 5 heterocycles. The van der Waals surface area contributed by atoms with Crippen LogP contribution in [0.2, 0.25) is 0 Å². The van der Waals surface area contributed by atoms with Crippen LogP contribution in [0.3, 0.4) is 0 Å². The van der Waals surface area contributed by atoms with Crippen molar-refractivity contribution >= 4 is 16.7 Å². The third-order valence-electron chi connectivity index (χ3n) is 5.53. The minimum Gasteiger partial charge on any atom is -0.377 e. The Labute approximate surface area is 168 Å². The van der Waals surface area contributed by atoms with Gasteiger partial charge in [-0.15, -0.1) is 0 Å². The van der Waals surface area contributed by atoms with Crippen molar-refractivity contribution in [3.8, 4) is 22.6 Å². The minimum atomic E-state index is 0.251. The van der Waals surface area contributed by atoms with Crippen LogP contribution in [0.1, 0.15) is 12.5 Å². The van der Waals surface area contributed by atoms with Gasteiger partial charge in [0.1, 0.15) is 17.0 Å². The molecule has 0 spiro atoms. The Morgan fingerprint density at radius 1 is 1.24 bits per heavy atom. The number of morpholine rings is 1. The number of hydrogen-bond acceptors (Lipinski definition) is 6. The minimum absolute atomic E-state index is 0.251. The van der Waals surface area contributed by atoms with E-state index in [-0.39, 0.29) is 6.04 Å². The van der Waals surface area contributed by atoms with E-state index in [1.165, 1.54) is 0 Å². The van der Waals surface area contributed by atoms with Gasteiger partial charge in [-0.25, -0.2) is 4.98 Å². The van der Waals surface area contributed by atoms with Crippen molar-refractivity contribution in [2.24, 2.45) is 7.05 Å². The summed E-state index contributed by atoms with van der Waals surface area (Å²) in [6.07, 6.45) is 5.46. The van der Waals surface area contributed by atoms with E-state index < -0.39 is 0 Å². The van der Waals surface area contributed by atoms with E-state index in [0.29, 0.717) is 13.2 Å². The lowest BCUT2D eigenvalue weighted by molar-refractivity contribution is 0.0986. The Balaban J connectivity index is 1.84. The van der Waals surface area contributed by atoms with Crippen molar-refractivity contribution in [3.05, 3.63) is 42.4 Å². The van der Waals surface area contributed by atoms with Crippen LogP contribution in [0.5, 0.6) is 0 Å². The molecule has 8 heteroatoms. The number of nitrogens with one attached hydrogen (secondary N) is 1. The smallest absolute Gasteiger partial charge is 0.130 e. The van der Waals surface area contributed by atoms with E-state index in [0.717, 1.165) is 51.5 Å². The van der Waals surface area contributed by atoms with Gasteiger partial charge in [0.2, 0.25) is 0 Å². The molecular weight excluding hydrogens is 366 g/mol. The molecule has 1 fully saturated rings. The summed E-state index contributed by atoms with van der Waals surface area (Å²) >= 11 is 0.